The molecule has 31 heavy (non-hydrogen) atoms. The quantitative estimate of drug-likeness (QED) is 0.464. The van der Waals surface area contributed by atoms with Gasteiger partial charge in [0.15, 0.2) is 0 Å². The number of rotatable bonds is 6. The highest BCUT2D eigenvalue weighted by molar-refractivity contribution is 7.89. The van der Waals surface area contributed by atoms with Crippen LogP contribution in [0.3, 0.4) is 0 Å². The molecule has 0 spiro atoms. The molecule has 160 valence electrons. The zero-order valence-electron chi connectivity index (χ0n) is 16.5. The first-order valence-electron chi connectivity index (χ1n) is 9.14. The second-order valence-corrected chi connectivity index (χ2v) is 8.36. The van der Waals surface area contributed by atoms with Crippen LogP contribution < -0.4 is 15.8 Å². The van der Waals surface area contributed by atoms with Crippen molar-refractivity contribution in [3.8, 4) is 0 Å². The minimum atomic E-state index is -3.85. The molecule has 1 fully saturated rings. The van der Waals surface area contributed by atoms with Gasteiger partial charge in [-0.25, -0.2) is 23.3 Å². The minimum Gasteiger partial charge on any atom is -0.325 e. The van der Waals surface area contributed by atoms with Gasteiger partial charge in [-0.15, -0.1) is 0 Å². The molecular weight excluding hydrogens is 420 g/mol. The van der Waals surface area contributed by atoms with Crippen molar-refractivity contribution in [3.05, 3.63) is 77.5 Å². The van der Waals surface area contributed by atoms with E-state index in [1.54, 1.807) is 6.92 Å². The predicted octanol–water partition coefficient (Wildman–Crippen LogP) is 1.81. The maximum absolute atomic E-state index is 12.5. The van der Waals surface area contributed by atoms with Crippen LogP contribution in [0.1, 0.15) is 12.5 Å². The zero-order valence-corrected chi connectivity index (χ0v) is 17.3. The fraction of sp³-hybridized carbons (Fsp3) is 0.0952. The number of nitrogens with two attached hydrogens (primary N) is 1. The van der Waals surface area contributed by atoms with E-state index >= 15 is 0 Å². The fourth-order valence-corrected chi connectivity index (χ4v) is 3.38. The first-order chi connectivity index (χ1) is 14.6. The molecule has 1 aliphatic rings. The summed E-state index contributed by atoms with van der Waals surface area (Å²) in [4.78, 5) is 37.6. The highest BCUT2D eigenvalue weighted by Gasteiger charge is 2.34. The number of nitrogens with one attached hydrogen (secondary N) is 2. The molecule has 4 N–H and O–H groups in total. The Morgan fingerprint density at radius 3 is 2.35 bits per heavy atom. The van der Waals surface area contributed by atoms with Gasteiger partial charge in [0.05, 0.1) is 4.90 Å². The molecule has 0 bridgehead atoms. The number of imide groups is 1. The smallest absolute Gasteiger partial charge is 0.325 e. The van der Waals surface area contributed by atoms with Gasteiger partial charge in [-0.2, -0.15) is 0 Å². The van der Waals surface area contributed by atoms with E-state index in [0.29, 0.717) is 5.69 Å². The van der Waals surface area contributed by atoms with Crippen molar-refractivity contribution in [2.75, 3.05) is 11.9 Å². The normalized spacial score (nSPS) is 15.9. The second-order valence-electron chi connectivity index (χ2n) is 6.80. The number of carbonyl (C=O) groups is 3. The van der Waals surface area contributed by atoms with Gasteiger partial charge in [0.25, 0.3) is 5.91 Å². The van der Waals surface area contributed by atoms with E-state index in [0.717, 1.165) is 16.0 Å². The van der Waals surface area contributed by atoms with Crippen LogP contribution in [0.15, 0.2) is 76.8 Å². The molecule has 10 heteroatoms. The number of amides is 4. The summed E-state index contributed by atoms with van der Waals surface area (Å²) in [6.07, 6.45) is 3.39. The van der Waals surface area contributed by atoms with Crippen LogP contribution >= 0.6 is 0 Å². The van der Waals surface area contributed by atoms with Gasteiger partial charge in [-0.1, -0.05) is 36.4 Å². The number of nitrogens with zero attached hydrogens (tertiary/aromatic N) is 1. The summed E-state index contributed by atoms with van der Waals surface area (Å²) in [5.74, 6) is -1.24. The Bertz CT molecular complexity index is 1190. The third-order valence-electron chi connectivity index (χ3n) is 4.30. The number of hydrogen-bond acceptors (Lipinski definition) is 5. The summed E-state index contributed by atoms with van der Waals surface area (Å²) in [7, 11) is -3.85. The SMILES string of the molecule is CC(/C=C1\NC(=O)N(CC(=O)Nc2ccc(S(N)(=O)=O)cc2)C1=O)=C\c1ccccc1. The van der Waals surface area contributed by atoms with Gasteiger partial charge in [0.2, 0.25) is 15.9 Å². The molecule has 4 amide bonds. The Hall–Kier alpha value is -3.76. The molecule has 1 saturated heterocycles. The number of carbonyl (C=O) groups excluding carboxylic acids is 3. The average Bonchev–Trinajstić information content (AvgIpc) is 2.95. The van der Waals surface area contributed by atoms with Crippen LogP contribution in [0.5, 0.6) is 0 Å². The van der Waals surface area contributed by atoms with Crippen LogP contribution in [0.2, 0.25) is 0 Å². The Labute approximate surface area is 179 Å². The Morgan fingerprint density at radius 2 is 1.74 bits per heavy atom. The molecule has 0 aliphatic carbocycles. The molecule has 0 unspecified atom stereocenters. The van der Waals surface area contributed by atoms with Crippen LogP contribution in [0.25, 0.3) is 6.08 Å². The number of urea groups is 1. The number of anilines is 1. The zero-order chi connectivity index (χ0) is 22.6. The van der Waals surface area contributed by atoms with Crippen molar-refractivity contribution < 1.29 is 22.8 Å². The minimum absolute atomic E-state index is 0.0694. The van der Waals surface area contributed by atoms with Crippen LogP contribution in [0.4, 0.5) is 10.5 Å². The molecule has 2 aromatic carbocycles. The average molecular weight is 440 g/mol. The molecule has 0 radical (unpaired) electrons. The lowest BCUT2D eigenvalue weighted by Gasteiger charge is -2.12. The highest BCUT2D eigenvalue weighted by atomic mass is 32.2. The van der Waals surface area contributed by atoms with E-state index < -0.39 is 34.4 Å². The van der Waals surface area contributed by atoms with Crippen LogP contribution in [0, 0.1) is 0 Å². The lowest BCUT2D eigenvalue weighted by Crippen LogP contribution is -2.38. The number of allylic oxidation sites excluding steroid dienone is 2. The topological polar surface area (TPSA) is 139 Å². The van der Waals surface area contributed by atoms with E-state index in [-0.39, 0.29) is 10.6 Å². The van der Waals surface area contributed by atoms with E-state index in [2.05, 4.69) is 10.6 Å². The van der Waals surface area contributed by atoms with Gasteiger partial charge < -0.3 is 10.6 Å². The monoisotopic (exact) mass is 440 g/mol. The van der Waals surface area contributed by atoms with Gasteiger partial charge in [0, 0.05) is 5.69 Å². The summed E-state index contributed by atoms with van der Waals surface area (Å²) in [5.41, 5.74) is 2.05. The van der Waals surface area contributed by atoms with Gasteiger partial charge >= 0.3 is 6.03 Å². The summed E-state index contributed by atoms with van der Waals surface area (Å²) < 4.78 is 22.5. The van der Waals surface area contributed by atoms with E-state index in [9.17, 15) is 22.8 Å². The van der Waals surface area contributed by atoms with E-state index in [1.165, 1.54) is 30.3 Å². The predicted molar refractivity (Wildman–Crippen MR) is 115 cm³/mol. The molecule has 3 rings (SSSR count). The van der Waals surface area contributed by atoms with E-state index in [4.69, 9.17) is 5.14 Å². The highest BCUT2D eigenvalue weighted by Crippen LogP contribution is 2.16. The molecule has 0 atom stereocenters. The number of benzene rings is 2. The first-order valence-corrected chi connectivity index (χ1v) is 10.7. The number of primary sulfonamides is 1. The lowest BCUT2D eigenvalue weighted by atomic mass is 10.1. The maximum atomic E-state index is 12.5. The summed E-state index contributed by atoms with van der Waals surface area (Å²) in [6, 6.07) is 14.0. The first kappa shape index (κ1) is 21.9. The van der Waals surface area contributed by atoms with Crippen molar-refractivity contribution in [2.24, 2.45) is 5.14 Å². The third-order valence-corrected chi connectivity index (χ3v) is 5.23. The second kappa shape index (κ2) is 8.94. The van der Waals surface area contributed by atoms with Crippen LogP contribution in [-0.4, -0.2) is 37.7 Å². The summed E-state index contributed by atoms with van der Waals surface area (Å²) in [6.45, 7) is 1.29. The van der Waals surface area contributed by atoms with E-state index in [1.807, 2.05) is 36.4 Å². The third kappa shape index (κ3) is 5.65. The maximum Gasteiger partial charge on any atom is 0.329 e. The fourth-order valence-electron chi connectivity index (χ4n) is 2.87. The molecule has 1 heterocycles. The summed E-state index contributed by atoms with van der Waals surface area (Å²) in [5, 5.41) is 9.98. The Morgan fingerprint density at radius 1 is 1.10 bits per heavy atom. The van der Waals surface area contributed by atoms with Crippen molar-refractivity contribution in [1.29, 1.82) is 0 Å². The molecule has 0 aromatic heterocycles. The summed E-state index contributed by atoms with van der Waals surface area (Å²) >= 11 is 0. The lowest BCUT2D eigenvalue weighted by molar-refractivity contribution is -0.127. The molecule has 9 nitrogen and oxygen atoms in total. The Kier molecular flexibility index (Phi) is 6.33. The van der Waals surface area contributed by atoms with Crippen molar-refractivity contribution >= 4 is 39.6 Å². The van der Waals surface area contributed by atoms with Gasteiger partial charge in [-0.3, -0.25) is 9.59 Å². The largest absolute Gasteiger partial charge is 0.329 e. The Balaban J connectivity index is 1.65. The molecule has 0 saturated carbocycles. The van der Waals surface area contributed by atoms with Crippen molar-refractivity contribution in [2.45, 2.75) is 11.8 Å². The van der Waals surface area contributed by atoms with Crippen LogP contribution in [-0.2, 0) is 19.6 Å². The molecular formula is C21H20N4O5S. The number of hydrogen-bond donors (Lipinski definition) is 3. The van der Waals surface area contributed by atoms with Gasteiger partial charge in [-0.05, 0) is 48.4 Å². The number of sulfonamides is 1. The molecule has 1 aliphatic heterocycles. The van der Waals surface area contributed by atoms with Crippen molar-refractivity contribution in [3.63, 3.8) is 0 Å². The van der Waals surface area contributed by atoms with Crippen molar-refractivity contribution in [1.82, 2.24) is 10.2 Å². The molecule has 2 aromatic rings. The van der Waals surface area contributed by atoms with Gasteiger partial charge in [0.1, 0.15) is 12.2 Å². The standard InChI is InChI=1S/C21H20N4O5S/c1-14(11-15-5-3-2-4-6-15)12-18-20(27)25(21(28)24-18)13-19(26)23-16-7-9-17(10-8-16)31(22,29)30/h2-12H,13H2,1H3,(H,23,26)(H,24,28)(H2,22,29,30)/b14-11+,18-12-.